The second-order valence-corrected chi connectivity index (χ2v) is 8.53. The Morgan fingerprint density at radius 2 is 2.00 bits per heavy atom. The molecule has 1 aliphatic heterocycles. The summed E-state index contributed by atoms with van der Waals surface area (Å²) in [6.45, 7) is 1.15. The van der Waals surface area contributed by atoms with Gasteiger partial charge < -0.3 is 10.1 Å². The Kier molecular flexibility index (Phi) is 4.64. The zero-order valence-electron chi connectivity index (χ0n) is 14.9. The largest absolute Gasteiger partial charge is 0.377 e. The van der Waals surface area contributed by atoms with E-state index in [0.29, 0.717) is 18.9 Å². The second kappa shape index (κ2) is 7.43. The molecule has 0 saturated carbocycles. The molecule has 1 amide bonds. The third kappa shape index (κ3) is 3.44. The van der Waals surface area contributed by atoms with Gasteiger partial charge >= 0.3 is 0 Å². The van der Waals surface area contributed by atoms with Crippen LogP contribution >= 0.6 is 22.7 Å². The molecule has 1 fully saturated rings. The summed E-state index contributed by atoms with van der Waals surface area (Å²) in [6, 6.07) is 12.4. The van der Waals surface area contributed by atoms with Crippen LogP contribution in [-0.2, 0) is 11.2 Å². The van der Waals surface area contributed by atoms with Crippen LogP contribution in [0.5, 0.6) is 0 Å². The molecule has 0 aliphatic carbocycles. The molecule has 5 nitrogen and oxygen atoms in total. The Labute approximate surface area is 170 Å². The highest BCUT2D eigenvalue weighted by Gasteiger charge is 2.22. The second-order valence-electron chi connectivity index (χ2n) is 6.72. The van der Waals surface area contributed by atoms with Crippen LogP contribution in [0.25, 0.3) is 20.8 Å². The normalized spacial score (nSPS) is 14.1. The number of pyridine rings is 1. The summed E-state index contributed by atoms with van der Waals surface area (Å²) in [7, 11) is 0. The van der Waals surface area contributed by atoms with Crippen molar-refractivity contribution < 1.29 is 9.53 Å². The van der Waals surface area contributed by atoms with Crippen molar-refractivity contribution in [2.75, 3.05) is 13.2 Å². The van der Waals surface area contributed by atoms with E-state index in [9.17, 15) is 4.79 Å². The number of hydrogen-bond donors (Lipinski definition) is 1. The molecule has 0 atom stereocenters. The quantitative estimate of drug-likeness (QED) is 0.540. The molecule has 3 aromatic heterocycles. The van der Waals surface area contributed by atoms with E-state index >= 15 is 0 Å². The fourth-order valence-corrected chi connectivity index (χ4v) is 4.69. The first-order valence-corrected chi connectivity index (χ1v) is 10.8. The van der Waals surface area contributed by atoms with E-state index in [1.165, 1.54) is 5.56 Å². The lowest BCUT2D eigenvalue weighted by molar-refractivity contribution is -0.00354. The molecule has 1 N–H and O–H groups in total. The monoisotopic (exact) mass is 407 g/mol. The zero-order valence-corrected chi connectivity index (χ0v) is 16.6. The average molecular weight is 408 g/mol. The summed E-state index contributed by atoms with van der Waals surface area (Å²) < 4.78 is 6.26. The van der Waals surface area contributed by atoms with Crippen molar-refractivity contribution in [3.05, 3.63) is 70.2 Å². The first kappa shape index (κ1) is 17.5. The number of thiophene rings is 1. The van der Waals surface area contributed by atoms with E-state index in [1.807, 2.05) is 29.1 Å². The van der Waals surface area contributed by atoms with Gasteiger partial charge in [-0.25, -0.2) is 9.97 Å². The fourth-order valence-electron chi connectivity index (χ4n) is 3.20. The van der Waals surface area contributed by atoms with Crippen LogP contribution in [0.4, 0.5) is 0 Å². The Morgan fingerprint density at radius 1 is 1.14 bits per heavy atom. The van der Waals surface area contributed by atoms with Gasteiger partial charge in [0.25, 0.3) is 5.91 Å². The summed E-state index contributed by atoms with van der Waals surface area (Å²) in [5, 5.41) is 8.00. The molecule has 4 heterocycles. The first-order chi connectivity index (χ1) is 13.8. The van der Waals surface area contributed by atoms with Gasteiger partial charge in [0, 0.05) is 17.1 Å². The molecule has 0 bridgehead atoms. The number of fused-ring (bicyclic) bond motifs is 1. The van der Waals surface area contributed by atoms with Crippen molar-refractivity contribution in [2.24, 2.45) is 0 Å². The number of hydrogen-bond acceptors (Lipinski definition) is 6. The Bertz CT molecular complexity index is 1120. The molecule has 140 valence electrons. The minimum absolute atomic E-state index is 0.0920. The standard InChI is InChI=1S/C21H17N3O2S2/c25-20(23-16-11-26-12-16)18-10-15(19-17(24-18)5-7-27-19)9-13-1-3-14(4-2-13)21-22-6-8-28-21/h1-8,10,16H,9,11-12H2,(H,23,25). The molecule has 4 aromatic rings. The highest BCUT2D eigenvalue weighted by Crippen LogP contribution is 2.28. The van der Waals surface area contributed by atoms with Crippen molar-refractivity contribution in [3.63, 3.8) is 0 Å². The van der Waals surface area contributed by atoms with Crippen LogP contribution in [0.2, 0.25) is 0 Å². The number of carbonyl (C=O) groups is 1. The van der Waals surface area contributed by atoms with Crippen molar-refractivity contribution in [3.8, 4) is 10.6 Å². The number of amides is 1. The van der Waals surface area contributed by atoms with Crippen LogP contribution in [-0.4, -0.2) is 35.1 Å². The molecule has 7 heteroatoms. The summed E-state index contributed by atoms with van der Waals surface area (Å²) >= 11 is 3.30. The van der Waals surface area contributed by atoms with Crippen LogP contribution in [0.15, 0.2) is 53.4 Å². The van der Waals surface area contributed by atoms with Crippen LogP contribution in [0.1, 0.15) is 21.6 Å². The molecule has 0 unspecified atom stereocenters. The van der Waals surface area contributed by atoms with Gasteiger partial charge in [-0.05, 0) is 35.1 Å². The van der Waals surface area contributed by atoms with E-state index in [2.05, 4.69) is 39.6 Å². The lowest BCUT2D eigenvalue weighted by atomic mass is 10.0. The number of thiazole rings is 1. The third-order valence-corrected chi connectivity index (χ3v) is 6.52. The Balaban J connectivity index is 1.42. The van der Waals surface area contributed by atoms with Crippen LogP contribution in [0.3, 0.4) is 0 Å². The lowest BCUT2D eigenvalue weighted by Gasteiger charge is -2.26. The predicted molar refractivity (Wildman–Crippen MR) is 112 cm³/mol. The van der Waals surface area contributed by atoms with Gasteiger partial charge in [0.1, 0.15) is 10.7 Å². The number of nitrogens with zero attached hydrogens (tertiary/aromatic N) is 2. The molecule has 1 saturated heterocycles. The minimum Gasteiger partial charge on any atom is -0.377 e. The first-order valence-electron chi connectivity index (χ1n) is 9.01. The maximum absolute atomic E-state index is 12.6. The third-order valence-electron chi connectivity index (χ3n) is 4.72. The number of ether oxygens (including phenoxy) is 1. The van der Waals surface area contributed by atoms with E-state index in [-0.39, 0.29) is 11.9 Å². The molecular formula is C21H17N3O2S2. The summed E-state index contributed by atoms with van der Waals surface area (Å²) in [6.07, 6.45) is 2.57. The Hall–Kier alpha value is -2.61. The van der Waals surface area contributed by atoms with Crippen molar-refractivity contribution in [1.82, 2.24) is 15.3 Å². The molecule has 1 aromatic carbocycles. The Morgan fingerprint density at radius 3 is 2.71 bits per heavy atom. The zero-order chi connectivity index (χ0) is 18.9. The van der Waals surface area contributed by atoms with Gasteiger partial charge in [-0.1, -0.05) is 24.3 Å². The maximum Gasteiger partial charge on any atom is 0.270 e. The van der Waals surface area contributed by atoms with E-state index in [4.69, 9.17) is 4.74 Å². The van der Waals surface area contributed by atoms with Crippen molar-refractivity contribution in [2.45, 2.75) is 12.5 Å². The van der Waals surface area contributed by atoms with Gasteiger partial charge in [0.15, 0.2) is 0 Å². The molecule has 0 spiro atoms. The molecule has 5 rings (SSSR count). The highest BCUT2D eigenvalue weighted by molar-refractivity contribution is 7.17. The average Bonchev–Trinajstić information content (AvgIpc) is 3.37. The van der Waals surface area contributed by atoms with Gasteiger partial charge in [-0.2, -0.15) is 0 Å². The minimum atomic E-state index is -0.137. The molecule has 1 aliphatic rings. The molecule has 28 heavy (non-hydrogen) atoms. The molecule has 0 radical (unpaired) electrons. The number of aromatic nitrogens is 2. The lowest BCUT2D eigenvalue weighted by Crippen LogP contribution is -2.48. The van der Waals surface area contributed by atoms with E-state index in [0.717, 1.165) is 32.8 Å². The number of nitrogens with one attached hydrogen (secondary N) is 1. The topological polar surface area (TPSA) is 64.1 Å². The number of benzene rings is 1. The van der Waals surface area contributed by atoms with E-state index < -0.39 is 0 Å². The maximum atomic E-state index is 12.6. The number of rotatable bonds is 5. The highest BCUT2D eigenvalue weighted by atomic mass is 32.1. The van der Waals surface area contributed by atoms with Crippen LogP contribution < -0.4 is 5.32 Å². The smallest absolute Gasteiger partial charge is 0.270 e. The van der Waals surface area contributed by atoms with Crippen molar-refractivity contribution in [1.29, 1.82) is 0 Å². The van der Waals surface area contributed by atoms with Gasteiger partial charge in [-0.3, -0.25) is 4.79 Å². The van der Waals surface area contributed by atoms with Gasteiger partial charge in [0.05, 0.1) is 29.5 Å². The van der Waals surface area contributed by atoms with Gasteiger partial charge in [0.2, 0.25) is 0 Å². The van der Waals surface area contributed by atoms with E-state index in [1.54, 1.807) is 22.7 Å². The fraction of sp³-hybridized carbons (Fsp3) is 0.190. The van der Waals surface area contributed by atoms with Crippen LogP contribution in [0, 0.1) is 0 Å². The number of carbonyl (C=O) groups excluding carboxylic acids is 1. The summed E-state index contributed by atoms with van der Waals surface area (Å²) in [4.78, 5) is 21.5. The summed E-state index contributed by atoms with van der Waals surface area (Å²) in [5.41, 5.74) is 4.78. The SMILES string of the molecule is O=C(NC1COC1)c1cc(Cc2ccc(-c3nccs3)cc2)c2sccc2n1. The molecular weight excluding hydrogens is 390 g/mol. The predicted octanol–water partition coefficient (Wildman–Crippen LogP) is 4.14. The van der Waals surface area contributed by atoms with Gasteiger partial charge in [-0.15, -0.1) is 22.7 Å². The summed E-state index contributed by atoms with van der Waals surface area (Å²) in [5.74, 6) is -0.137. The van der Waals surface area contributed by atoms with Crippen molar-refractivity contribution >= 4 is 38.8 Å².